The van der Waals surface area contributed by atoms with Crippen LogP contribution in [-0.2, 0) is 19.1 Å². The summed E-state index contributed by atoms with van der Waals surface area (Å²) in [6, 6.07) is 0. The quantitative estimate of drug-likeness (QED) is 0.217. The molecule has 0 N–H and O–H groups in total. The molecule has 0 spiro atoms. The van der Waals surface area contributed by atoms with Crippen molar-refractivity contribution in [1.29, 1.82) is 0 Å². The molecule has 4 heteroatoms. The van der Waals surface area contributed by atoms with Gasteiger partial charge in [-0.1, -0.05) is 0 Å². The molecule has 0 aliphatic carbocycles. The number of hydrogen-bond acceptors (Lipinski definition) is 4. The van der Waals surface area contributed by atoms with Gasteiger partial charge in [-0.05, 0) is 0 Å². The monoisotopic (exact) mass is 142 g/mol. The summed E-state index contributed by atoms with van der Waals surface area (Å²) in [5.41, 5.74) is -0.0116. The summed E-state index contributed by atoms with van der Waals surface area (Å²) in [4.78, 5) is 21.3. The fourth-order valence-corrected chi connectivity index (χ4v) is 0.632. The molecule has 1 saturated heterocycles. The highest BCUT2D eigenvalue weighted by molar-refractivity contribution is 6.21. The van der Waals surface area contributed by atoms with E-state index in [9.17, 15) is 9.59 Å². The summed E-state index contributed by atoms with van der Waals surface area (Å²) in [5, 5.41) is 0. The van der Waals surface area contributed by atoms with Gasteiger partial charge in [-0.15, -0.1) is 0 Å². The number of methoxy groups -OCH3 is 1. The van der Waals surface area contributed by atoms with E-state index in [1.54, 1.807) is 0 Å². The molecule has 1 fully saturated rings. The third-order valence-electron chi connectivity index (χ3n) is 1.09. The molecule has 10 heavy (non-hydrogen) atoms. The Morgan fingerprint density at radius 3 is 2.70 bits per heavy atom. The molecule has 0 unspecified atom stereocenters. The maximum atomic E-state index is 10.7. The average Bonchev–Trinajstić information content (AvgIpc) is 2.20. The number of cyclic esters (lactones) is 1. The molecule has 4 nitrogen and oxygen atoms in total. The normalized spacial score (nSPS) is 21.5. The zero-order valence-electron chi connectivity index (χ0n) is 5.42. The van der Waals surface area contributed by atoms with Crippen molar-refractivity contribution < 1.29 is 19.1 Å². The number of ether oxygens (including phenoxy) is 2. The van der Waals surface area contributed by atoms with Crippen LogP contribution in [-0.4, -0.2) is 25.5 Å². The van der Waals surface area contributed by atoms with Crippen LogP contribution in [0.2, 0.25) is 0 Å². The largest absolute Gasteiger partial charge is 0.503 e. The molecule has 1 aliphatic rings. The van der Waals surface area contributed by atoms with Gasteiger partial charge in [0.2, 0.25) is 5.78 Å². The van der Waals surface area contributed by atoms with E-state index in [-0.39, 0.29) is 18.0 Å². The first kappa shape index (κ1) is 6.80. The Hall–Kier alpha value is -1.32. The van der Waals surface area contributed by atoms with Crippen LogP contribution >= 0.6 is 0 Å². The van der Waals surface area contributed by atoms with E-state index >= 15 is 0 Å². The highest BCUT2D eigenvalue weighted by Crippen LogP contribution is 2.08. The predicted molar refractivity (Wildman–Crippen MR) is 31.1 cm³/mol. The van der Waals surface area contributed by atoms with Crippen molar-refractivity contribution in [2.24, 2.45) is 0 Å². The van der Waals surface area contributed by atoms with E-state index in [4.69, 9.17) is 0 Å². The van der Waals surface area contributed by atoms with Gasteiger partial charge in [-0.25, -0.2) is 4.79 Å². The number of Topliss-reactive ketones (excluding diaryl/α,β-unsaturated/α-hetero) is 1. The van der Waals surface area contributed by atoms with Crippen LogP contribution in [0.15, 0.2) is 11.8 Å². The molecule has 1 aliphatic heterocycles. The number of hydrogen-bond donors (Lipinski definition) is 0. The van der Waals surface area contributed by atoms with Crippen molar-refractivity contribution in [3.63, 3.8) is 0 Å². The zero-order valence-corrected chi connectivity index (χ0v) is 5.42. The molecule has 0 amide bonds. The Bertz CT molecular complexity index is 186. The standard InChI is InChI=1S/C6H6O4/c1-9-2-4-5(7)3-10-6(4)8/h2H,3H2,1H3. The first-order valence-electron chi connectivity index (χ1n) is 2.69. The van der Waals surface area contributed by atoms with Gasteiger partial charge < -0.3 is 9.47 Å². The molecule has 54 valence electrons. The molecule has 0 aromatic carbocycles. The van der Waals surface area contributed by atoms with Crippen molar-refractivity contribution in [3.05, 3.63) is 11.8 Å². The summed E-state index contributed by atoms with van der Waals surface area (Å²) in [6.07, 6.45) is 1.09. The number of ketones is 1. The number of esters is 1. The highest BCUT2D eigenvalue weighted by Gasteiger charge is 2.28. The second-order valence-corrected chi connectivity index (χ2v) is 1.77. The van der Waals surface area contributed by atoms with Crippen molar-refractivity contribution in [2.45, 2.75) is 0 Å². The number of carbonyl (C=O) groups excluding carboxylic acids is 2. The Labute approximate surface area is 57.4 Å². The second-order valence-electron chi connectivity index (χ2n) is 1.77. The maximum absolute atomic E-state index is 10.7. The van der Waals surface area contributed by atoms with E-state index in [0.717, 1.165) is 6.26 Å². The van der Waals surface area contributed by atoms with Crippen LogP contribution in [0, 0.1) is 0 Å². The molecule has 0 bridgehead atoms. The minimum Gasteiger partial charge on any atom is -0.503 e. The van der Waals surface area contributed by atoms with E-state index < -0.39 is 5.97 Å². The van der Waals surface area contributed by atoms with Crippen LogP contribution < -0.4 is 0 Å². The van der Waals surface area contributed by atoms with Crippen molar-refractivity contribution in [2.75, 3.05) is 13.7 Å². The predicted octanol–water partition coefficient (Wildman–Crippen LogP) is -0.357. The van der Waals surface area contributed by atoms with Crippen LogP contribution in [0.25, 0.3) is 0 Å². The Balaban J connectivity index is 2.82. The van der Waals surface area contributed by atoms with Crippen LogP contribution in [0.1, 0.15) is 0 Å². The molecule has 0 saturated carbocycles. The van der Waals surface area contributed by atoms with Gasteiger partial charge in [0.1, 0.15) is 11.8 Å². The molecule has 0 aromatic heterocycles. The average molecular weight is 142 g/mol. The fourth-order valence-electron chi connectivity index (χ4n) is 0.632. The molecule has 1 rings (SSSR count). The molecule has 0 radical (unpaired) electrons. The summed E-state index contributed by atoms with van der Waals surface area (Å²) in [6.45, 7) is -0.159. The summed E-state index contributed by atoms with van der Waals surface area (Å²) in [7, 11) is 1.37. The van der Waals surface area contributed by atoms with Crippen LogP contribution in [0.3, 0.4) is 0 Å². The van der Waals surface area contributed by atoms with Crippen molar-refractivity contribution in [1.82, 2.24) is 0 Å². The minimum absolute atomic E-state index is 0.0116. The van der Waals surface area contributed by atoms with Gasteiger partial charge >= 0.3 is 5.97 Å². The summed E-state index contributed by atoms with van der Waals surface area (Å²) >= 11 is 0. The first-order valence-corrected chi connectivity index (χ1v) is 2.69. The van der Waals surface area contributed by atoms with Gasteiger partial charge in [0.15, 0.2) is 6.61 Å². The molecule has 0 aromatic rings. The topological polar surface area (TPSA) is 52.6 Å². The zero-order chi connectivity index (χ0) is 7.56. The second kappa shape index (κ2) is 2.51. The van der Waals surface area contributed by atoms with Crippen LogP contribution in [0.4, 0.5) is 0 Å². The molecule has 1 heterocycles. The Kier molecular flexibility index (Phi) is 1.71. The van der Waals surface area contributed by atoms with Crippen molar-refractivity contribution >= 4 is 11.8 Å². The van der Waals surface area contributed by atoms with E-state index in [0.29, 0.717) is 0 Å². The smallest absolute Gasteiger partial charge is 0.345 e. The van der Waals surface area contributed by atoms with Crippen LogP contribution in [0.5, 0.6) is 0 Å². The number of carbonyl (C=O) groups is 2. The van der Waals surface area contributed by atoms with Crippen molar-refractivity contribution in [3.8, 4) is 0 Å². The SMILES string of the molecule is COC=C1C(=O)COC1=O. The fraction of sp³-hybridized carbons (Fsp3) is 0.333. The number of rotatable bonds is 1. The third kappa shape index (κ3) is 1.00. The minimum atomic E-state index is -0.605. The summed E-state index contributed by atoms with van der Waals surface area (Å²) < 4.78 is 8.88. The molecule has 0 atom stereocenters. The first-order chi connectivity index (χ1) is 4.75. The molecular formula is C6H6O4. The maximum Gasteiger partial charge on any atom is 0.345 e. The van der Waals surface area contributed by atoms with E-state index in [1.165, 1.54) is 7.11 Å². The third-order valence-corrected chi connectivity index (χ3v) is 1.09. The van der Waals surface area contributed by atoms with E-state index in [2.05, 4.69) is 9.47 Å². The lowest BCUT2D eigenvalue weighted by atomic mass is 10.2. The van der Waals surface area contributed by atoms with Gasteiger partial charge in [0.25, 0.3) is 0 Å². The Morgan fingerprint density at radius 2 is 2.30 bits per heavy atom. The lowest BCUT2D eigenvalue weighted by Crippen LogP contribution is -2.00. The lowest BCUT2D eigenvalue weighted by Gasteiger charge is -1.87. The summed E-state index contributed by atoms with van der Waals surface area (Å²) in [5.74, 6) is -0.932. The molecular weight excluding hydrogens is 136 g/mol. The van der Waals surface area contributed by atoms with Gasteiger partial charge in [-0.2, -0.15) is 0 Å². The van der Waals surface area contributed by atoms with E-state index in [1.807, 2.05) is 0 Å². The van der Waals surface area contributed by atoms with Gasteiger partial charge in [0.05, 0.1) is 7.11 Å². The van der Waals surface area contributed by atoms with Gasteiger partial charge in [-0.3, -0.25) is 4.79 Å². The highest BCUT2D eigenvalue weighted by atomic mass is 16.5. The van der Waals surface area contributed by atoms with Gasteiger partial charge in [0, 0.05) is 0 Å². The lowest BCUT2D eigenvalue weighted by molar-refractivity contribution is -0.135. The Morgan fingerprint density at radius 1 is 1.60 bits per heavy atom.